The highest BCUT2D eigenvalue weighted by Gasteiger charge is 2.26. The number of urea groups is 1. The number of likely N-dealkylation sites (tertiary alicyclic amines) is 1. The second-order valence-electron chi connectivity index (χ2n) is 3.34. The quantitative estimate of drug-likeness (QED) is 0.522. The molecule has 1 aliphatic rings. The van der Waals surface area contributed by atoms with E-state index >= 15 is 0 Å². The van der Waals surface area contributed by atoms with Gasteiger partial charge >= 0.3 is 6.03 Å². The maximum Gasteiger partial charge on any atom is 0.315 e. The summed E-state index contributed by atoms with van der Waals surface area (Å²) in [6.45, 7) is 1.10. The van der Waals surface area contributed by atoms with Gasteiger partial charge in [0.15, 0.2) is 0 Å². The number of primary amides is 1. The molecule has 1 fully saturated rings. The van der Waals surface area contributed by atoms with Gasteiger partial charge in [-0.05, 0) is 12.8 Å². The van der Waals surface area contributed by atoms with Gasteiger partial charge in [0, 0.05) is 13.1 Å². The van der Waals surface area contributed by atoms with Gasteiger partial charge in [0.05, 0.1) is 12.6 Å². The Labute approximate surface area is 82.6 Å². The average Bonchev–Trinajstić information content (AvgIpc) is 2.62. The number of nitrogens with two attached hydrogens (primary N) is 2. The first-order chi connectivity index (χ1) is 6.65. The topological polar surface area (TPSA) is 101 Å². The molecule has 0 bridgehead atoms. The third-order valence-corrected chi connectivity index (χ3v) is 2.38. The zero-order valence-electron chi connectivity index (χ0n) is 8.03. The van der Waals surface area contributed by atoms with Crippen LogP contribution in [0.15, 0.2) is 0 Å². The van der Waals surface area contributed by atoms with Gasteiger partial charge in [-0.2, -0.15) is 0 Å². The van der Waals surface area contributed by atoms with Crippen molar-refractivity contribution in [3.63, 3.8) is 0 Å². The van der Waals surface area contributed by atoms with Crippen molar-refractivity contribution in [3.8, 4) is 0 Å². The number of carbonyl (C=O) groups is 2. The number of carbonyl (C=O) groups excluding carboxylic acids is 2. The van der Waals surface area contributed by atoms with E-state index in [-0.39, 0.29) is 18.5 Å². The van der Waals surface area contributed by atoms with Crippen molar-refractivity contribution in [2.75, 3.05) is 19.6 Å². The van der Waals surface area contributed by atoms with Crippen LogP contribution in [0.1, 0.15) is 12.8 Å². The maximum atomic E-state index is 10.9. The lowest BCUT2D eigenvalue weighted by molar-refractivity contribution is -0.119. The van der Waals surface area contributed by atoms with Gasteiger partial charge in [-0.15, -0.1) is 0 Å². The van der Waals surface area contributed by atoms with Gasteiger partial charge in [-0.3, -0.25) is 4.79 Å². The number of nitrogens with one attached hydrogen (secondary N) is 1. The van der Waals surface area contributed by atoms with Crippen LogP contribution in [0.5, 0.6) is 0 Å². The van der Waals surface area contributed by atoms with E-state index < -0.39 is 6.03 Å². The van der Waals surface area contributed by atoms with Crippen LogP contribution < -0.4 is 16.8 Å². The summed E-state index contributed by atoms with van der Waals surface area (Å²) in [4.78, 5) is 23.4. The highest BCUT2D eigenvalue weighted by atomic mass is 16.2. The lowest BCUT2D eigenvalue weighted by atomic mass is 10.2. The first kappa shape index (κ1) is 10.8. The standard InChI is InChI=1S/C8H16N4O2/c9-4-7(13)11-5-6-2-1-3-12(6)8(10)14/h6H,1-5,9H2,(H2,10,14)(H,11,13). The molecule has 5 N–H and O–H groups in total. The number of hydrogen-bond donors (Lipinski definition) is 3. The highest BCUT2D eigenvalue weighted by molar-refractivity contribution is 5.78. The molecule has 1 rings (SSSR count). The summed E-state index contributed by atoms with van der Waals surface area (Å²) in [5.74, 6) is -0.207. The lowest BCUT2D eigenvalue weighted by Gasteiger charge is -2.22. The van der Waals surface area contributed by atoms with Gasteiger partial charge < -0.3 is 21.7 Å². The van der Waals surface area contributed by atoms with Gasteiger partial charge in [0.1, 0.15) is 0 Å². The minimum absolute atomic E-state index is 0.0245. The van der Waals surface area contributed by atoms with Crippen molar-refractivity contribution in [2.24, 2.45) is 11.5 Å². The summed E-state index contributed by atoms with van der Waals surface area (Å²) >= 11 is 0. The Morgan fingerprint density at radius 2 is 2.21 bits per heavy atom. The summed E-state index contributed by atoms with van der Waals surface area (Å²) in [6, 6.07) is -0.391. The van der Waals surface area contributed by atoms with Crippen molar-refractivity contribution >= 4 is 11.9 Å². The van der Waals surface area contributed by atoms with Crippen LogP contribution in [0.25, 0.3) is 0 Å². The van der Waals surface area contributed by atoms with Crippen molar-refractivity contribution in [1.82, 2.24) is 10.2 Å². The predicted octanol–water partition coefficient (Wildman–Crippen LogP) is -1.40. The second-order valence-corrected chi connectivity index (χ2v) is 3.34. The molecule has 14 heavy (non-hydrogen) atoms. The number of amides is 3. The molecule has 1 saturated heterocycles. The molecule has 6 nitrogen and oxygen atoms in total. The van der Waals surface area contributed by atoms with Gasteiger partial charge in [0.2, 0.25) is 5.91 Å². The van der Waals surface area contributed by atoms with Gasteiger partial charge in [0.25, 0.3) is 0 Å². The van der Waals surface area contributed by atoms with Crippen LogP contribution in [-0.2, 0) is 4.79 Å². The molecular weight excluding hydrogens is 184 g/mol. The molecule has 3 amide bonds. The maximum absolute atomic E-state index is 10.9. The first-order valence-electron chi connectivity index (χ1n) is 4.68. The summed E-state index contributed by atoms with van der Waals surface area (Å²) in [5.41, 5.74) is 10.3. The zero-order chi connectivity index (χ0) is 10.6. The molecule has 1 heterocycles. The van der Waals surface area contributed by atoms with E-state index in [2.05, 4.69) is 5.32 Å². The Balaban J connectivity index is 2.36. The van der Waals surface area contributed by atoms with Crippen LogP contribution in [0.3, 0.4) is 0 Å². The summed E-state index contributed by atoms with van der Waals surface area (Å²) < 4.78 is 0. The Morgan fingerprint density at radius 1 is 1.50 bits per heavy atom. The normalized spacial score (nSPS) is 20.9. The number of hydrogen-bond acceptors (Lipinski definition) is 3. The second kappa shape index (κ2) is 4.80. The minimum Gasteiger partial charge on any atom is -0.353 e. The van der Waals surface area contributed by atoms with Crippen LogP contribution in [0, 0.1) is 0 Å². The van der Waals surface area contributed by atoms with Crippen LogP contribution in [0.4, 0.5) is 4.79 Å². The Kier molecular flexibility index (Phi) is 3.70. The number of rotatable bonds is 3. The molecular formula is C8H16N4O2. The monoisotopic (exact) mass is 200 g/mol. The zero-order valence-corrected chi connectivity index (χ0v) is 8.03. The van der Waals surface area contributed by atoms with Crippen molar-refractivity contribution in [1.29, 1.82) is 0 Å². The van der Waals surface area contributed by atoms with E-state index in [0.29, 0.717) is 13.1 Å². The summed E-state index contributed by atoms with van der Waals surface area (Å²) in [6.07, 6.45) is 1.82. The molecule has 0 aromatic heterocycles. The molecule has 1 atom stereocenters. The van der Waals surface area contributed by atoms with Gasteiger partial charge in [-0.25, -0.2) is 4.79 Å². The lowest BCUT2D eigenvalue weighted by Crippen LogP contribution is -2.46. The molecule has 0 spiro atoms. The molecule has 0 aromatic carbocycles. The van der Waals surface area contributed by atoms with E-state index in [4.69, 9.17) is 11.5 Å². The molecule has 6 heteroatoms. The largest absolute Gasteiger partial charge is 0.353 e. The van der Waals surface area contributed by atoms with E-state index in [1.807, 2.05) is 0 Å². The molecule has 1 aliphatic heterocycles. The van der Waals surface area contributed by atoms with E-state index in [9.17, 15) is 9.59 Å². The summed E-state index contributed by atoms with van der Waals surface area (Å²) in [7, 11) is 0. The smallest absolute Gasteiger partial charge is 0.315 e. The van der Waals surface area contributed by atoms with Crippen molar-refractivity contribution in [3.05, 3.63) is 0 Å². The van der Waals surface area contributed by atoms with Crippen LogP contribution in [-0.4, -0.2) is 42.5 Å². The molecule has 0 aromatic rings. The van der Waals surface area contributed by atoms with Crippen LogP contribution >= 0.6 is 0 Å². The first-order valence-corrected chi connectivity index (χ1v) is 4.68. The molecule has 0 saturated carbocycles. The van der Waals surface area contributed by atoms with Gasteiger partial charge in [-0.1, -0.05) is 0 Å². The fraction of sp³-hybridized carbons (Fsp3) is 0.750. The Hall–Kier alpha value is -1.30. The van der Waals surface area contributed by atoms with E-state index in [1.54, 1.807) is 4.90 Å². The molecule has 0 aliphatic carbocycles. The minimum atomic E-state index is -0.422. The van der Waals surface area contributed by atoms with Crippen molar-refractivity contribution in [2.45, 2.75) is 18.9 Å². The van der Waals surface area contributed by atoms with E-state index in [0.717, 1.165) is 12.8 Å². The van der Waals surface area contributed by atoms with E-state index in [1.165, 1.54) is 0 Å². The fourth-order valence-corrected chi connectivity index (χ4v) is 1.64. The Bertz CT molecular complexity index is 231. The predicted molar refractivity (Wildman–Crippen MR) is 51.4 cm³/mol. The summed E-state index contributed by atoms with van der Waals surface area (Å²) in [5, 5.41) is 2.65. The third-order valence-electron chi connectivity index (χ3n) is 2.38. The SMILES string of the molecule is NCC(=O)NCC1CCCN1C(N)=O. The Morgan fingerprint density at radius 3 is 2.79 bits per heavy atom. The highest BCUT2D eigenvalue weighted by Crippen LogP contribution is 2.15. The molecule has 80 valence electrons. The number of nitrogens with zero attached hydrogens (tertiary/aromatic N) is 1. The molecule has 0 radical (unpaired) electrons. The average molecular weight is 200 g/mol. The van der Waals surface area contributed by atoms with Crippen molar-refractivity contribution < 1.29 is 9.59 Å². The third kappa shape index (κ3) is 2.59. The molecule has 1 unspecified atom stereocenters. The fourth-order valence-electron chi connectivity index (χ4n) is 1.64. The van der Waals surface area contributed by atoms with Crippen LogP contribution in [0.2, 0.25) is 0 Å².